The van der Waals surface area contributed by atoms with Gasteiger partial charge in [0, 0.05) is 12.8 Å². The summed E-state index contributed by atoms with van der Waals surface area (Å²) in [4.78, 5) is 6.54. The van der Waals surface area contributed by atoms with Crippen LogP contribution >= 0.6 is 11.6 Å². The van der Waals surface area contributed by atoms with E-state index in [9.17, 15) is 8.42 Å². The fraction of sp³-hybridized carbons (Fsp3) is 0.667. The molecular formula is C15H23ClN2O3S. The third-order valence-electron chi connectivity index (χ3n) is 4.40. The molecule has 0 saturated carbocycles. The van der Waals surface area contributed by atoms with E-state index in [0.717, 1.165) is 18.8 Å². The van der Waals surface area contributed by atoms with Crippen LogP contribution in [-0.2, 0) is 19.3 Å². The predicted octanol–water partition coefficient (Wildman–Crippen LogP) is 2.63. The van der Waals surface area contributed by atoms with Gasteiger partial charge in [-0.15, -0.1) is 0 Å². The summed E-state index contributed by atoms with van der Waals surface area (Å²) < 4.78 is 28.6. The molecule has 1 aromatic heterocycles. The maximum atomic E-state index is 12.1. The number of nitrogens with zero attached hydrogens (tertiary/aromatic N) is 2. The Kier molecular flexibility index (Phi) is 5.04. The number of sulfone groups is 1. The number of rotatable bonds is 4. The maximum absolute atomic E-state index is 12.1. The lowest BCUT2D eigenvalue weighted by molar-refractivity contribution is 0.0925. The minimum atomic E-state index is -3.27. The molecule has 0 aliphatic carbocycles. The van der Waals surface area contributed by atoms with Crippen molar-refractivity contribution in [3.63, 3.8) is 0 Å². The van der Waals surface area contributed by atoms with Gasteiger partial charge in [-0.05, 0) is 38.0 Å². The van der Waals surface area contributed by atoms with Gasteiger partial charge in [0.05, 0.1) is 24.0 Å². The average molecular weight is 347 g/mol. The molecule has 0 unspecified atom stereocenters. The highest BCUT2D eigenvalue weighted by atomic mass is 35.5. The van der Waals surface area contributed by atoms with E-state index >= 15 is 0 Å². The van der Waals surface area contributed by atoms with Crippen molar-refractivity contribution in [2.45, 2.75) is 38.0 Å². The van der Waals surface area contributed by atoms with E-state index < -0.39 is 14.6 Å². The fourth-order valence-corrected chi connectivity index (χ4v) is 3.24. The molecule has 1 fully saturated rings. The maximum Gasteiger partial charge on any atom is 0.156 e. The topological polar surface area (TPSA) is 59.5 Å². The molecule has 0 N–H and O–H groups in total. The first-order chi connectivity index (χ1) is 10.2. The molecule has 1 aliphatic heterocycles. The number of aromatic nitrogens is 1. The summed E-state index contributed by atoms with van der Waals surface area (Å²) in [7, 11) is -3.27. The third-order valence-corrected chi connectivity index (χ3v) is 6.68. The van der Waals surface area contributed by atoms with E-state index in [0.29, 0.717) is 23.9 Å². The van der Waals surface area contributed by atoms with E-state index in [2.05, 4.69) is 16.8 Å². The zero-order chi connectivity index (χ0) is 16.5. The molecule has 0 amide bonds. The van der Waals surface area contributed by atoms with Crippen molar-refractivity contribution in [1.82, 2.24) is 4.98 Å². The molecule has 1 aromatic rings. The van der Waals surface area contributed by atoms with Crippen LogP contribution in [0, 0.1) is 0 Å². The van der Waals surface area contributed by atoms with Crippen LogP contribution in [0.4, 0.5) is 5.82 Å². The average Bonchev–Trinajstić information content (AvgIpc) is 2.45. The Morgan fingerprint density at radius 2 is 2.14 bits per heavy atom. The summed E-state index contributed by atoms with van der Waals surface area (Å²) in [6.07, 6.45) is 2.17. The molecule has 0 spiro atoms. The van der Waals surface area contributed by atoms with E-state index in [1.165, 1.54) is 6.26 Å². The second kappa shape index (κ2) is 6.34. The first-order valence-electron chi connectivity index (χ1n) is 7.39. The first-order valence-corrected chi connectivity index (χ1v) is 9.65. The van der Waals surface area contributed by atoms with Crippen LogP contribution in [0.15, 0.2) is 12.1 Å². The monoisotopic (exact) mass is 346 g/mol. The highest BCUT2D eigenvalue weighted by Crippen LogP contribution is 2.33. The molecule has 2 heterocycles. The van der Waals surface area contributed by atoms with Crippen molar-refractivity contribution in [2.24, 2.45) is 0 Å². The summed E-state index contributed by atoms with van der Waals surface area (Å²) in [5.41, 5.74) is 0.659. The van der Waals surface area contributed by atoms with Crippen molar-refractivity contribution in [1.29, 1.82) is 0 Å². The van der Waals surface area contributed by atoms with Crippen LogP contribution in [0.2, 0.25) is 5.15 Å². The smallest absolute Gasteiger partial charge is 0.156 e. The number of morpholine rings is 1. The Morgan fingerprint density at radius 3 is 2.73 bits per heavy atom. The normalized spacial score (nSPS) is 20.2. The Bertz CT molecular complexity index is 646. The fourth-order valence-electron chi connectivity index (χ4n) is 2.49. The summed E-state index contributed by atoms with van der Waals surface area (Å²) in [5, 5.41) is 0.311. The van der Waals surface area contributed by atoms with Crippen molar-refractivity contribution in [2.75, 3.05) is 30.9 Å². The SMILES string of the molecule is CC[C@H]1COCCN1c1cc(C(C)(C)S(C)(=O)=O)cc(Cl)n1. The molecule has 7 heteroatoms. The minimum Gasteiger partial charge on any atom is -0.377 e. The predicted molar refractivity (Wildman–Crippen MR) is 89.4 cm³/mol. The van der Waals surface area contributed by atoms with Crippen molar-refractivity contribution < 1.29 is 13.2 Å². The van der Waals surface area contributed by atoms with Gasteiger partial charge >= 0.3 is 0 Å². The van der Waals surface area contributed by atoms with E-state index in [1.54, 1.807) is 19.9 Å². The van der Waals surface area contributed by atoms with E-state index in [4.69, 9.17) is 16.3 Å². The number of hydrogen-bond donors (Lipinski definition) is 0. The Morgan fingerprint density at radius 1 is 1.45 bits per heavy atom. The Balaban J connectivity index is 2.47. The van der Waals surface area contributed by atoms with Crippen molar-refractivity contribution in [3.8, 4) is 0 Å². The Labute approximate surface area is 137 Å². The first kappa shape index (κ1) is 17.5. The highest BCUT2D eigenvalue weighted by molar-refractivity contribution is 7.91. The van der Waals surface area contributed by atoms with Gasteiger partial charge in [-0.3, -0.25) is 0 Å². The second-order valence-corrected chi connectivity index (χ2v) is 9.10. The van der Waals surface area contributed by atoms with Crippen LogP contribution in [0.25, 0.3) is 0 Å². The number of ether oxygens (including phenoxy) is 1. The van der Waals surface area contributed by atoms with Crippen LogP contribution in [0.1, 0.15) is 32.8 Å². The molecule has 1 atom stereocenters. The lowest BCUT2D eigenvalue weighted by Crippen LogP contribution is -2.45. The van der Waals surface area contributed by atoms with Gasteiger partial charge in [-0.2, -0.15) is 0 Å². The van der Waals surface area contributed by atoms with Crippen molar-refractivity contribution >= 4 is 27.3 Å². The molecule has 5 nitrogen and oxygen atoms in total. The van der Waals surface area contributed by atoms with Gasteiger partial charge in [0.1, 0.15) is 11.0 Å². The molecule has 1 aliphatic rings. The summed E-state index contributed by atoms with van der Waals surface area (Å²) >= 11 is 6.15. The minimum absolute atomic E-state index is 0.230. The molecular weight excluding hydrogens is 324 g/mol. The van der Waals surface area contributed by atoms with Crippen LogP contribution in [-0.4, -0.2) is 45.5 Å². The van der Waals surface area contributed by atoms with E-state index in [1.807, 2.05) is 6.07 Å². The van der Waals surface area contributed by atoms with Gasteiger partial charge < -0.3 is 9.64 Å². The summed E-state index contributed by atoms with van der Waals surface area (Å²) in [6.45, 7) is 7.48. The van der Waals surface area contributed by atoms with Gasteiger partial charge in [0.15, 0.2) is 9.84 Å². The molecule has 0 aromatic carbocycles. The summed E-state index contributed by atoms with van der Waals surface area (Å²) in [5.74, 6) is 0.717. The van der Waals surface area contributed by atoms with Crippen LogP contribution < -0.4 is 4.90 Å². The lowest BCUT2D eigenvalue weighted by atomic mass is 10.0. The van der Waals surface area contributed by atoms with Gasteiger partial charge in [-0.25, -0.2) is 13.4 Å². The molecule has 22 heavy (non-hydrogen) atoms. The molecule has 124 valence electrons. The van der Waals surface area contributed by atoms with Crippen LogP contribution in [0.5, 0.6) is 0 Å². The molecule has 2 rings (SSSR count). The third kappa shape index (κ3) is 3.39. The van der Waals surface area contributed by atoms with Gasteiger partial charge in [-0.1, -0.05) is 18.5 Å². The van der Waals surface area contributed by atoms with Crippen molar-refractivity contribution in [3.05, 3.63) is 22.8 Å². The van der Waals surface area contributed by atoms with Crippen LogP contribution in [0.3, 0.4) is 0 Å². The molecule has 0 bridgehead atoms. The lowest BCUT2D eigenvalue weighted by Gasteiger charge is -2.36. The van der Waals surface area contributed by atoms with Gasteiger partial charge in [0.25, 0.3) is 0 Å². The second-order valence-electron chi connectivity index (χ2n) is 6.15. The quantitative estimate of drug-likeness (QED) is 0.784. The number of pyridine rings is 1. The zero-order valence-corrected chi connectivity index (χ0v) is 15.0. The zero-order valence-electron chi connectivity index (χ0n) is 13.5. The molecule has 1 saturated heterocycles. The highest BCUT2D eigenvalue weighted by Gasteiger charge is 2.34. The standard InChI is InChI=1S/C15H23ClN2O3S/c1-5-12-10-21-7-6-18(12)14-9-11(8-13(16)17-14)15(2,3)22(4,19)20/h8-9,12H,5-7,10H2,1-4H3/t12-/m0/s1. The molecule has 0 radical (unpaired) electrons. The largest absolute Gasteiger partial charge is 0.377 e. The number of hydrogen-bond acceptors (Lipinski definition) is 5. The Hall–Kier alpha value is -0.850. The number of anilines is 1. The van der Waals surface area contributed by atoms with Gasteiger partial charge in [0.2, 0.25) is 0 Å². The summed E-state index contributed by atoms with van der Waals surface area (Å²) in [6, 6.07) is 3.70. The van der Waals surface area contributed by atoms with E-state index in [-0.39, 0.29) is 6.04 Å². The number of halogens is 1.